The van der Waals surface area contributed by atoms with Crippen LogP contribution < -0.4 is 19.8 Å². The number of ether oxygens (including phenoxy) is 1. The van der Waals surface area contributed by atoms with Crippen molar-refractivity contribution >= 4 is 49.7 Å². The van der Waals surface area contributed by atoms with E-state index in [4.69, 9.17) is 4.74 Å². The van der Waals surface area contributed by atoms with Crippen molar-refractivity contribution in [3.05, 3.63) is 94.5 Å². The molecule has 194 valence electrons. The van der Waals surface area contributed by atoms with Gasteiger partial charge in [-0.25, -0.2) is 13.8 Å². The fourth-order valence-corrected chi connectivity index (χ4v) is 4.77. The Bertz CT molecular complexity index is 1350. The van der Waals surface area contributed by atoms with Crippen LogP contribution in [0.15, 0.2) is 88.4 Å². The molecule has 0 radical (unpaired) electrons. The normalized spacial score (nSPS) is 12.1. The Morgan fingerprint density at radius 1 is 1.00 bits per heavy atom. The van der Waals surface area contributed by atoms with Gasteiger partial charge in [-0.15, -0.1) is 0 Å². The van der Waals surface area contributed by atoms with Gasteiger partial charge >= 0.3 is 0 Å². The van der Waals surface area contributed by atoms with E-state index < -0.39 is 22.5 Å². The number of benzene rings is 3. The van der Waals surface area contributed by atoms with Crippen LogP contribution in [-0.4, -0.2) is 45.9 Å². The maximum atomic E-state index is 12.3. The Morgan fingerprint density at radius 3 is 2.30 bits per heavy atom. The molecule has 0 aliphatic heterocycles. The minimum absolute atomic E-state index is 0.130. The lowest BCUT2D eigenvalue weighted by Gasteiger charge is -2.22. The maximum Gasteiger partial charge on any atom is 0.260 e. The van der Waals surface area contributed by atoms with E-state index in [1.54, 1.807) is 48.5 Å². The fraction of sp³-hybridized carbons (Fsp3) is 0.192. The molecular weight excluding hydrogens is 560 g/mol. The molecule has 3 aromatic rings. The molecule has 0 aliphatic carbocycles. The van der Waals surface area contributed by atoms with Crippen molar-refractivity contribution in [1.82, 2.24) is 10.7 Å². The van der Waals surface area contributed by atoms with Crippen molar-refractivity contribution in [1.29, 1.82) is 0 Å². The number of anilines is 1. The number of hydrogen-bond donors (Lipinski definition) is 2. The number of carbonyl (C=O) groups excluding carboxylic acids is 2. The molecule has 0 unspecified atom stereocenters. The average molecular weight is 587 g/mol. The summed E-state index contributed by atoms with van der Waals surface area (Å²) in [4.78, 5) is 24.5. The van der Waals surface area contributed by atoms with Crippen LogP contribution in [0.25, 0.3) is 0 Å². The van der Waals surface area contributed by atoms with E-state index in [1.165, 1.54) is 6.21 Å². The first kappa shape index (κ1) is 27.9. The predicted molar refractivity (Wildman–Crippen MR) is 147 cm³/mol. The van der Waals surface area contributed by atoms with Crippen LogP contribution in [-0.2, 0) is 19.6 Å². The molecule has 0 heterocycles. The van der Waals surface area contributed by atoms with Crippen molar-refractivity contribution in [2.24, 2.45) is 5.10 Å². The lowest BCUT2D eigenvalue weighted by atomic mass is 10.1. The molecule has 2 N–H and O–H groups in total. The summed E-state index contributed by atoms with van der Waals surface area (Å²) < 4.78 is 31.5. The second-order valence-corrected chi connectivity index (χ2v) is 10.8. The number of nitrogens with one attached hydrogen (secondary N) is 2. The Hall–Kier alpha value is -3.70. The molecule has 0 bridgehead atoms. The van der Waals surface area contributed by atoms with Gasteiger partial charge in [0.15, 0.2) is 6.61 Å². The van der Waals surface area contributed by atoms with Crippen LogP contribution in [0.3, 0.4) is 0 Å². The molecule has 0 aromatic heterocycles. The first-order valence-electron chi connectivity index (χ1n) is 11.2. The molecule has 11 heteroatoms. The number of sulfonamides is 1. The van der Waals surface area contributed by atoms with E-state index in [9.17, 15) is 18.0 Å². The fourth-order valence-electron chi connectivity index (χ4n) is 3.29. The Kier molecular flexibility index (Phi) is 9.81. The van der Waals surface area contributed by atoms with Crippen molar-refractivity contribution in [2.45, 2.75) is 13.0 Å². The number of carbonyl (C=O) groups is 2. The summed E-state index contributed by atoms with van der Waals surface area (Å²) in [5.74, 6) is -0.343. The summed E-state index contributed by atoms with van der Waals surface area (Å²) in [5, 5.41) is 6.78. The zero-order valence-corrected chi connectivity index (χ0v) is 22.7. The Balaban J connectivity index is 1.48. The average Bonchev–Trinajstić information content (AvgIpc) is 2.87. The monoisotopic (exact) mass is 586 g/mol. The van der Waals surface area contributed by atoms with Crippen molar-refractivity contribution in [3.63, 3.8) is 0 Å². The van der Waals surface area contributed by atoms with Crippen molar-refractivity contribution < 1.29 is 22.7 Å². The van der Waals surface area contributed by atoms with Gasteiger partial charge in [-0.3, -0.25) is 13.9 Å². The van der Waals surface area contributed by atoms with Crippen molar-refractivity contribution in [3.8, 4) is 5.75 Å². The zero-order chi connectivity index (χ0) is 26.8. The van der Waals surface area contributed by atoms with Crippen LogP contribution in [0.2, 0.25) is 0 Å². The van der Waals surface area contributed by atoms with Gasteiger partial charge in [0.1, 0.15) is 12.3 Å². The van der Waals surface area contributed by atoms with Crippen LogP contribution >= 0.6 is 15.9 Å². The molecular formula is C26H27BrN4O5S. The number of halogens is 1. The second kappa shape index (κ2) is 13.0. The third-order valence-electron chi connectivity index (χ3n) is 5.14. The van der Waals surface area contributed by atoms with Crippen LogP contribution in [0.5, 0.6) is 5.75 Å². The van der Waals surface area contributed by atoms with E-state index in [2.05, 4.69) is 31.8 Å². The molecule has 0 saturated carbocycles. The molecule has 0 aliphatic rings. The summed E-state index contributed by atoms with van der Waals surface area (Å²) in [6.07, 6.45) is 2.44. The lowest BCUT2D eigenvalue weighted by molar-refractivity contribution is -0.123. The predicted octanol–water partition coefficient (Wildman–Crippen LogP) is 3.62. The molecule has 2 amide bonds. The van der Waals surface area contributed by atoms with Crippen LogP contribution in [0, 0.1) is 0 Å². The number of nitrogens with zero attached hydrogens (tertiary/aromatic N) is 2. The maximum absolute atomic E-state index is 12.3. The molecule has 37 heavy (non-hydrogen) atoms. The second-order valence-electron chi connectivity index (χ2n) is 8.07. The number of amides is 2. The molecule has 0 saturated heterocycles. The lowest BCUT2D eigenvalue weighted by Crippen LogP contribution is -2.39. The summed E-state index contributed by atoms with van der Waals surface area (Å²) in [6, 6.07) is 23.0. The van der Waals surface area contributed by atoms with Gasteiger partial charge in [0, 0.05) is 4.47 Å². The third kappa shape index (κ3) is 8.72. The molecule has 0 spiro atoms. The highest BCUT2D eigenvalue weighted by atomic mass is 79.9. The van der Waals surface area contributed by atoms with Gasteiger partial charge in [-0.2, -0.15) is 5.10 Å². The van der Waals surface area contributed by atoms with E-state index >= 15 is 0 Å². The van der Waals surface area contributed by atoms with Gasteiger partial charge < -0.3 is 10.1 Å². The molecule has 9 nitrogen and oxygen atoms in total. The van der Waals surface area contributed by atoms with E-state index in [1.807, 2.05) is 37.3 Å². The number of rotatable bonds is 11. The van der Waals surface area contributed by atoms with Gasteiger partial charge in [0.2, 0.25) is 10.0 Å². The van der Waals surface area contributed by atoms with Gasteiger partial charge in [0.25, 0.3) is 11.8 Å². The topological polar surface area (TPSA) is 117 Å². The standard InChI is InChI=1S/C26H27BrN4O5S/c1-19(21-8-4-3-5-9-21)29-26(33)18-36-22-14-12-20(13-15-22)16-28-30-25(32)17-31(37(2,34)35)24-11-7-6-10-23(24)27/h3-16,19H,17-18H2,1-2H3,(H,29,33)(H,30,32)/b28-16-/t19-/m1/s1. The highest BCUT2D eigenvalue weighted by Gasteiger charge is 2.22. The van der Waals surface area contributed by atoms with Gasteiger partial charge in [-0.05, 0) is 70.4 Å². The number of para-hydroxylation sites is 1. The van der Waals surface area contributed by atoms with Gasteiger partial charge in [0.05, 0.1) is 24.2 Å². The van der Waals surface area contributed by atoms with Crippen LogP contribution in [0.4, 0.5) is 5.69 Å². The Morgan fingerprint density at radius 2 is 1.65 bits per heavy atom. The highest BCUT2D eigenvalue weighted by Crippen LogP contribution is 2.27. The largest absolute Gasteiger partial charge is 0.484 e. The molecule has 1 atom stereocenters. The first-order chi connectivity index (χ1) is 17.6. The van der Waals surface area contributed by atoms with Crippen LogP contribution in [0.1, 0.15) is 24.1 Å². The smallest absolute Gasteiger partial charge is 0.260 e. The highest BCUT2D eigenvalue weighted by molar-refractivity contribution is 9.10. The zero-order valence-electron chi connectivity index (χ0n) is 20.3. The van der Waals surface area contributed by atoms with E-state index in [0.717, 1.165) is 16.1 Å². The minimum Gasteiger partial charge on any atom is -0.484 e. The summed E-state index contributed by atoms with van der Waals surface area (Å²) in [5.41, 5.74) is 4.35. The summed E-state index contributed by atoms with van der Waals surface area (Å²) in [6.45, 7) is 1.34. The number of hydrazone groups is 1. The first-order valence-corrected chi connectivity index (χ1v) is 13.9. The molecule has 3 rings (SSSR count). The quantitative estimate of drug-likeness (QED) is 0.263. The third-order valence-corrected chi connectivity index (χ3v) is 6.94. The SMILES string of the molecule is C[C@@H](NC(=O)COc1ccc(/C=N\NC(=O)CN(c2ccccc2Br)S(C)(=O)=O)cc1)c1ccccc1. The van der Waals surface area contributed by atoms with Gasteiger partial charge in [-0.1, -0.05) is 42.5 Å². The Labute approximate surface area is 224 Å². The summed E-state index contributed by atoms with van der Waals surface area (Å²) >= 11 is 3.31. The van der Waals surface area contributed by atoms with E-state index in [0.29, 0.717) is 21.5 Å². The van der Waals surface area contributed by atoms with Crippen molar-refractivity contribution in [2.75, 3.05) is 23.7 Å². The summed E-state index contributed by atoms with van der Waals surface area (Å²) in [7, 11) is -3.70. The molecule has 0 fully saturated rings. The minimum atomic E-state index is -3.70. The number of hydrogen-bond acceptors (Lipinski definition) is 6. The van der Waals surface area contributed by atoms with E-state index in [-0.39, 0.29) is 18.6 Å². The molecule has 3 aromatic carbocycles.